The fourth-order valence-corrected chi connectivity index (χ4v) is 4.85. The third-order valence-electron chi connectivity index (χ3n) is 6.36. The molecule has 0 amide bonds. The molecule has 1 aromatic heterocycles. The van der Waals surface area contributed by atoms with Crippen molar-refractivity contribution in [3.8, 4) is 5.75 Å². The number of hydrogen-bond acceptors (Lipinski definition) is 5. The Morgan fingerprint density at radius 1 is 1.03 bits per heavy atom. The van der Waals surface area contributed by atoms with Crippen molar-refractivity contribution in [2.45, 2.75) is 56.3 Å². The van der Waals surface area contributed by atoms with Crippen LogP contribution in [0.5, 0.6) is 5.75 Å². The van der Waals surface area contributed by atoms with Crippen molar-refractivity contribution in [2.24, 2.45) is 0 Å². The molecular weight excluding hydrogens is 483 g/mol. The van der Waals surface area contributed by atoms with E-state index < -0.39 is 53.0 Å². The van der Waals surface area contributed by atoms with Gasteiger partial charge in [0, 0.05) is 22.8 Å². The zero-order valence-corrected chi connectivity index (χ0v) is 18.6. The summed E-state index contributed by atoms with van der Waals surface area (Å²) in [4.78, 5) is 7.86. The van der Waals surface area contributed by atoms with Gasteiger partial charge in [-0.05, 0) is 42.5 Å². The molecule has 0 fully saturated rings. The number of aryl methyl sites for hydroxylation is 1. The van der Waals surface area contributed by atoms with E-state index in [0.717, 1.165) is 24.4 Å². The van der Waals surface area contributed by atoms with Crippen LogP contribution in [0.3, 0.4) is 0 Å². The molecule has 12 heteroatoms. The van der Waals surface area contributed by atoms with Crippen LogP contribution in [0.4, 0.5) is 36.4 Å². The number of fused-ring (bicyclic) bond motifs is 2. The van der Waals surface area contributed by atoms with Gasteiger partial charge in [0.1, 0.15) is 17.2 Å². The molecular formula is C23H20F7N3O2. The summed E-state index contributed by atoms with van der Waals surface area (Å²) in [5, 5.41) is 23.9. The summed E-state index contributed by atoms with van der Waals surface area (Å²) < 4.78 is 99.2. The molecule has 0 aliphatic heterocycles. The molecule has 2 aromatic carbocycles. The summed E-state index contributed by atoms with van der Waals surface area (Å²) in [7, 11) is 0. The monoisotopic (exact) mass is 503 g/mol. The molecule has 0 saturated carbocycles. The smallest absolute Gasteiger partial charge is 0.456 e. The van der Waals surface area contributed by atoms with Crippen LogP contribution in [-0.4, -0.2) is 37.9 Å². The van der Waals surface area contributed by atoms with Crippen molar-refractivity contribution in [3.63, 3.8) is 0 Å². The minimum absolute atomic E-state index is 0.0500. The number of nitrogens with one attached hydrogen (secondary N) is 1. The number of aliphatic hydroxyl groups is 1. The van der Waals surface area contributed by atoms with Crippen molar-refractivity contribution < 1.29 is 40.9 Å². The van der Waals surface area contributed by atoms with E-state index in [1.807, 2.05) is 0 Å². The normalized spacial score (nSPS) is 22.2. The molecule has 3 N–H and O–H groups in total. The molecule has 1 aliphatic carbocycles. The molecule has 5 nitrogen and oxygen atoms in total. The molecule has 188 valence electrons. The zero-order valence-electron chi connectivity index (χ0n) is 18.6. The maximum Gasteiger partial charge on any atom is 0.456 e. The fourth-order valence-electron chi connectivity index (χ4n) is 4.85. The summed E-state index contributed by atoms with van der Waals surface area (Å²) in [5.74, 6) is -8.30. The largest absolute Gasteiger partial charge is 0.505 e. The van der Waals surface area contributed by atoms with Gasteiger partial charge in [-0.15, -0.1) is 0 Å². The Morgan fingerprint density at radius 2 is 1.66 bits per heavy atom. The lowest BCUT2D eigenvalue weighted by Gasteiger charge is -2.51. The van der Waals surface area contributed by atoms with Crippen LogP contribution in [0.25, 0.3) is 10.9 Å². The van der Waals surface area contributed by atoms with Gasteiger partial charge in [0.15, 0.2) is 17.2 Å². The second-order valence-electron chi connectivity index (χ2n) is 9.27. The summed E-state index contributed by atoms with van der Waals surface area (Å²) >= 11 is 0. The number of phenols is 1. The van der Waals surface area contributed by atoms with E-state index in [4.69, 9.17) is 0 Å². The van der Waals surface area contributed by atoms with E-state index in [9.17, 15) is 40.9 Å². The van der Waals surface area contributed by atoms with Crippen LogP contribution >= 0.6 is 0 Å². The van der Waals surface area contributed by atoms with E-state index in [-0.39, 0.29) is 33.5 Å². The highest BCUT2D eigenvalue weighted by Crippen LogP contribution is 2.59. The van der Waals surface area contributed by atoms with E-state index >= 15 is 0 Å². The predicted octanol–water partition coefficient (Wildman–Crippen LogP) is 5.69. The van der Waals surface area contributed by atoms with Crippen molar-refractivity contribution >= 4 is 16.6 Å². The quantitative estimate of drug-likeness (QED) is 0.401. The van der Waals surface area contributed by atoms with E-state index in [2.05, 4.69) is 15.3 Å². The van der Waals surface area contributed by atoms with Gasteiger partial charge in [-0.2, -0.15) is 22.0 Å². The lowest BCUT2D eigenvalue weighted by Crippen LogP contribution is -2.65. The Labute approximate surface area is 194 Å². The number of anilines is 1. The average molecular weight is 503 g/mol. The van der Waals surface area contributed by atoms with Gasteiger partial charge >= 0.3 is 12.1 Å². The van der Waals surface area contributed by atoms with E-state index in [1.165, 1.54) is 20.8 Å². The summed E-state index contributed by atoms with van der Waals surface area (Å²) in [5.41, 5.74) is -6.50. The van der Waals surface area contributed by atoms with Gasteiger partial charge in [0.05, 0.1) is 6.04 Å². The lowest BCUT2D eigenvalue weighted by molar-refractivity contribution is -0.349. The highest BCUT2D eigenvalue weighted by atomic mass is 19.4. The minimum atomic E-state index is -6.15. The molecule has 1 heterocycles. The van der Waals surface area contributed by atoms with E-state index in [0.29, 0.717) is 6.07 Å². The van der Waals surface area contributed by atoms with Crippen molar-refractivity contribution in [3.05, 3.63) is 59.0 Å². The number of nitrogens with zero attached hydrogens (tertiary/aromatic N) is 2. The zero-order chi connectivity index (χ0) is 26.1. The first kappa shape index (κ1) is 25.0. The Bertz CT molecular complexity index is 1330. The fraction of sp³-hybridized carbons (Fsp3) is 0.391. The average Bonchev–Trinajstić information content (AvgIpc) is 2.73. The number of alkyl halides is 5. The third-order valence-corrected chi connectivity index (χ3v) is 6.36. The molecule has 0 spiro atoms. The maximum atomic E-state index is 15.0. The van der Waals surface area contributed by atoms with Crippen molar-refractivity contribution in [2.75, 3.05) is 5.32 Å². The Kier molecular flexibility index (Phi) is 5.47. The molecule has 0 saturated heterocycles. The van der Waals surface area contributed by atoms with E-state index in [1.54, 1.807) is 0 Å². The molecule has 4 rings (SSSR count). The number of halogens is 7. The van der Waals surface area contributed by atoms with Gasteiger partial charge in [-0.25, -0.2) is 18.7 Å². The number of aromatic hydroxyl groups is 1. The third kappa shape index (κ3) is 3.65. The molecule has 1 aliphatic rings. The topological polar surface area (TPSA) is 78.3 Å². The van der Waals surface area contributed by atoms with Gasteiger partial charge in [-0.3, -0.25) is 0 Å². The SMILES string of the molecule is Cc1ncc2c(N[C@H]3c4ccc(F)c(O)c4C(C)(C)C[C@]3(O)C(F)(F)C(F)(F)F)ccc(F)c2n1. The number of benzene rings is 2. The second kappa shape index (κ2) is 7.67. The second-order valence-corrected chi connectivity index (χ2v) is 9.27. The Balaban J connectivity index is 2.01. The van der Waals surface area contributed by atoms with Crippen LogP contribution in [0.15, 0.2) is 30.5 Å². The molecule has 0 bridgehead atoms. The Morgan fingerprint density at radius 3 is 2.29 bits per heavy atom. The molecule has 35 heavy (non-hydrogen) atoms. The molecule has 0 radical (unpaired) electrons. The highest BCUT2D eigenvalue weighted by Gasteiger charge is 2.74. The summed E-state index contributed by atoms with van der Waals surface area (Å²) in [6.07, 6.45) is -6.20. The first-order valence-corrected chi connectivity index (χ1v) is 10.4. The van der Waals surface area contributed by atoms with Crippen LogP contribution in [-0.2, 0) is 5.41 Å². The van der Waals surface area contributed by atoms with Crippen molar-refractivity contribution in [1.82, 2.24) is 9.97 Å². The molecule has 0 unspecified atom stereocenters. The molecule has 3 aromatic rings. The number of phenolic OH excluding ortho intramolecular Hbond substituents is 1. The van der Waals surface area contributed by atoms with Crippen LogP contribution in [0, 0.1) is 18.6 Å². The first-order chi connectivity index (χ1) is 16.0. The van der Waals surface area contributed by atoms with Gasteiger partial charge in [0.2, 0.25) is 0 Å². The Hall–Kier alpha value is -3.15. The standard InChI is InChI=1S/C23H20F7N3O2/c1-10-31-8-12-15(7-6-13(24)17(12)32-10)33-19-11-4-5-14(25)18(34)16(11)20(2,3)9-21(19,35)22(26,27)23(28,29)30/h4-8,19,33-35H,9H2,1-3H3/t19-,21+/m0/s1. The van der Waals surface area contributed by atoms with Crippen LogP contribution in [0.2, 0.25) is 0 Å². The van der Waals surface area contributed by atoms with Gasteiger partial charge in [-0.1, -0.05) is 19.9 Å². The summed E-state index contributed by atoms with van der Waals surface area (Å²) in [6, 6.07) is 1.42. The van der Waals surface area contributed by atoms with Crippen molar-refractivity contribution in [1.29, 1.82) is 0 Å². The lowest BCUT2D eigenvalue weighted by atomic mass is 9.61. The predicted molar refractivity (Wildman–Crippen MR) is 112 cm³/mol. The minimum Gasteiger partial charge on any atom is -0.505 e. The van der Waals surface area contributed by atoms with Gasteiger partial charge in [0.25, 0.3) is 0 Å². The number of hydrogen-bond donors (Lipinski definition) is 3. The van der Waals surface area contributed by atoms with Gasteiger partial charge < -0.3 is 15.5 Å². The van der Waals surface area contributed by atoms with Crippen LogP contribution < -0.4 is 5.32 Å². The summed E-state index contributed by atoms with van der Waals surface area (Å²) in [6.45, 7) is 3.89. The maximum absolute atomic E-state index is 15.0. The molecule has 2 atom stereocenters. The highest BCUT2D eigenvalue weighted by molar-refractivity contribution is 5.91. The first-order valence-electron chi connectivity index (χ1n) is 10.4. The van der Waals surface area contributed by atoms with Crippen LogP contribution in [0.1, 0.15) is 43.3 Å². The number of aromatic nitrogens is 2. The number of rotatable bonds is 3.